The normalized spacial score (nSPS) is 12.3. The van der Waals surface area contributed by atoms with Gasteiger partial charge in [-0.1, -0.05) is 195 Å². The number of alkyl halides is 1. The highest BCUT2D eigenvalue weighted by Crippen LogP contribution is 2.42. The van der Waals surface area contributed by atoms with E-state index in [2.05, 4.69) is 213 Å². The number of nitrogen functional groups attached to an aromatic ring is 1. The van der Waals surface area contributed by atoms with Crippen molar-refractivity contribution in [3.8, 4) is 11.3 Å². The maximum Gasteiger partial charge on any atom is 0.145 e. The van der Waals surface area contributed by atoms with Crippen LogP contribution in [0, 0.1) is 13.8 Å². The maximum atomic E-state index is 11.2. The molecule has 0 radical (unpaired) electrons. The highest BCUT2D eigenvalue weighted by atomic mass is 79.9. The molecule has 0 saturated carbocycles. The van der Waals surface area contributed by atoms with Gasteiger partial charge >= 0.3 is 0 Å². The van der Waals surface area contributed by atoms with E-state index in [9.17, 15) is 4.79 Å². The lowest BCUT2D eigenvalue weighted by molar-refractivity contribution is -0.107. The highest BCUT2D eigenvalue weighted by Gasteiger charge is 2.24. The standard InChI is InChI=1S/C31H34N2.C17H25BrO.C14H12N2/c1-18(2)22-15-25(19(3)4)30(26(16-22)20(5)6)29-17-32-31-24-11-9-8-10-23(24)27-14-21(7)12-13-28(27)33(29)31;1-10(2)13-7-14(11(3)4)17(16(18)9-19)15(8-13)12(5)6;1-9-6-7-13-12(8-9)10-4-2-3-5-11(10)14(15)16-13/h8-20H,1-7H3;7-12,16H,1-6H3;2-8H,1H3,(H2,15,16). The Kier molecular flexibility index (Phi) is 15.3. The average molecular weight is 968 g/mol. The third-order valence-corrected chi connectivity index (χ3v) is 14.1. The van der Waals surface area contributed by atoms with E-state index in [1.54, 1.807) is 0 Å². The molecule has 0 bridgehead atoms. The lowest BCUT2D eigenvalue weighted by Crippen LogP contribution is -2.08. The third kappa shape index (κ3) is 9.99. The van der Waals surface area contributed by atoms with Gasteiger partial charge in [-0.2, -0.15) is 0 Å². The Morgan fingerprint density at radius 3 is 1.49 bits per heavy atom. The van der Waals surface area contributed by atoms with Crippen LogP contribution >= 0.6 is 15.9 Å². The number of carbonyl (C=O) groups excluding carboxylic acids is 1. The van der Waals surface area contributed by atoms with E-state index in [1.165, 1.54) is 93.8 Å². The Balaban J connectivity index is 0.000000166. The number of benzene rings is 6. The molecule has 9 aromatic rings. The Morgan fingerprint density at radius 1 is 0.529 bits per heavy atom. The summed E-state index contributed by atoms with van der Waals surface area (Å²) in [6, 6.07) is 39.3. The number of hydrogen-bond donors (Lipinski definition) is 1. The van der Waals surface area contributed by atoms with Crippen molar-refractivity contribution in [1.29, 1.82) is 0 Å². The third-order valence-electron chi connectivity index (χ3n) is 13.5. The van der Waals surface area contributed by atoms with Gasteiger partial charge in [-0.15, -0.1) is 0 Å². The fraction of sp³-hybridized carbons (Fsp3) is 0.339. The van der Waals surface area contributed by atoms with Gasteiger partial charge in [-0.05, 0) is 123 Å². The van der Waals surface area contributed by atoms with E-state index in [0.29, 0.717) is 41.3 Å². The van der Waals surface area contributed by atoms with Gasteiger partial charge in [0, 0.05) is 27.1 Å². The summed E-state index contributed by atoms with van der Waals surface area (Å²) in [5, 5.41) is 7.13. The van der Waals surface area contributed by atoms with Crippen molar-refractivity contribution >= 4 is 77.0 Å². The number of aldehydes is 1. The van der Waals surface area contributed by atoms with Crippen LogP contribution in [0.5, 0.6) is 0 Å². The van der Waals surface area contributed by atoms with Gasteiger partial charge < -0.3 is 10.5 Å². The first kappa shape index (κ1) is 50.0. The van der Waals surface area contributed by atoms with Gasteiger partial charge in [0.1, 0.15) is 17.8 Å². The minimum atomic E-state index is -0.205. The molecule has 0 spiro atoms. The van der Waals surface area contributed by atoms with Crippen LogP contribution in [0.3, 0.4) is 0 Å². The van der Waals surface area contributed by atoms with Crippen LogP contribution in [0.1, 0.15) is 173 Å². The first-order valence-corrected chi connectivity index (χ1v) is 25.5. The fourth-order valence-corrected chi connectivity index (χ4v) is 10.2. The van der Waals surface area contributed by atoms with Gasteiger partial charge in [-0.3, -0.25) is 4.40 Å². The molecule has 3 aromatic heterocycles. The molecule has 1 unspecified atom stereocenters. The SMILES string of the molecule is CC(C)c1cc(C(C)C)c(C(Br)C=O)c(C(C)C)c1.Cc1ccc2c(c1)c1ccccc1c1ncc(-c3c(C(C)C)cc(C(C)C)cc3C(C)C)n21.Cc1ccc2nc(N)c3ccccc3c2c1. The number of aryl methyl sites for hydroxylation is 2. The molecule has 5 nitrogen and oxygen atoms in total. The molecule has 6 aromatic carbocycles. The number of aromatic nitrogens is 3. The van der Waals surface area contributed by atoms with Crippen molar-refractivity contribution in [2.75, 3.05) is 5.73 Å². The monoisotopic (exact) mass is 966 g/mol. The van der Waals surface area contributed by atoms with E-state index >= 15 is 0 Å². The zero-order chi connectivity index (χ0) is 49.3. The number of fused-ring (bicyclic) bond motifs is 9. The molecular weight excluding hydrogens is 897 g/mol. The van der Waals surface area contributed by atoms with E-state index in [0.717, 1.165) is 22.8 Å². The van der Waals surface area contributed by atoms with Crippen LogP contribution < -0.4 is 5.73 Å². The number of anilines is 1. The quantitative estimate of drug-likeness (QED) is 0.0888. The Morgan fingerprint density at radius 2 is 0.985 bits per heavy atom. The predicted molar refractivity (Wildman–Crippen MR) is 297 cm³/mol. The van der Waals surface area contributed by atoms with Crippen molar-refractivity contribution < 1.29 is 4.79 Å². The van der Waals surface area contributed by atoms with Crippen LogP contribution in [0.25, 0.3) is 60.3 Å². The summed E-state index contributed by atoms with van der Waals surface area (Å²) in [4.78, 5) is 20.5. The number of carbonyl (C=O) groups is 1. The van der Waals surface area contributed by atoms with Gasteiger partial charge in [0.2, 0.25) is 0 Å². The highest BCUT2D eigenvalue weighted by molar-refractivity contribution is 9.09. The molecular formula is C62H71BrN4O. The number of imidazole rings is 1. The predicted octanol–water partition coefficient (Wildman–Crippen LogP) is 18.0. The van der Waals surface area contributed by atoms with Gasteiger partial charge in [0.25, 0.3) is 0 Å². The van der Waals surface area contributed by atoms with Crippen molar-refractivity contribution in [2.45, 2.75) is 137 Å². The lowest BCUT2D eigenvalue weighted by Gasteiger charge is -2.24. The number of nitrogens with zero attached hydrogens (tertiary/aromatic N) is 3. The number of hydrogen-bond acceptors (Lipinski definition) is 4. The van der Waals surface area contributed by atoms with Crippen LogP contribution in [-0.4, -0.2) is 20.7 Å². The first-order valence-electron chi connectivity index (χ1n) is 24.6. The molecule has 352 valence electrons. The smallest absolute Gasteiger partial charge is 0.145 e. The molecule has 0 amide bonds. The summed E-state index contributed by atoms with van der Waals surface area (Å²) in [7, 11) is 0. The van der Waals surface area contributed by atoms with Gasteiger partial charge in [-0.25, -0.2) is 9.97 Å². The van der Waals surface area contributed by atoms with E-state index in [1.807, 2.05) is 24.3 Å². The second kappa shape index (κ2) is 20.8. The van der Waals surface area contributed by atoms with E-state index in [-0.39, 0.29) is 4.83 Å². The molecule has 0 aliphatic rings. The lowest BCUT2D eigenvalue weighted by atomic mass is 9.83. The second-order valence-corrected chi connectivity index (χ2v) is 21.6. The minimum absolute atomic E-state index is 0.205. The molecule has 68 heavy (non-hydrogen) atoms. The van der Waals surface area contributed by atoms with Gasteiger partial charge in [0.15, 0.2) is 0 Å². The molecule has 2 N–H and O–H groups in total. The average Bonchev–Trinajstić information content (AvgIpc) is 3.76. The summed E-state index contributed by atoms with van der Waals surface area (Å²) in [6.07, 6.45) is 3.09. The van der Waals surface area contributed by atoms with Crippen LogP contribution in [0.15, 0.2) is 115 Å². The summed E-state index contributed by atoms with van der Waals surface area (Å²) >= 11 is 3.52. The first-order chi connectivity index (χ1) is 32.3. The summed E-state index contributed by atoms with van der Waals surface area (Å²) in [5.41, 5.74) is 23.6. The zero-order valence-electron chi connectivity index (χ0n) is 42.8. The summed E-state index contributed by atoms with van der Waals surface area (Å²) in [6.45, 7) is 31.3. The van der Waals surface area contributed by atoms with Crippen molar-refractivity contribution in [3.63, 3.8) is 0 Å². The zero-order valence-corrected chi connectivity index (χ0v) is 44.4. The van der Waals surface area contributed by atoms with E-state index < -0.39 is 0 Å². The van der Waals surface area contributed by atoms with Crippen LogP contribution in [0.2, 0.25) is 0 Å². The van der Waals surface area contributed by atoms with Crippen LogP contribution in [-0.2, 0) is 4.79 Å². The van der Waals surface area contributed by atoms with Crippen LogP contribution in [0.4, 0.5) is 5.82 Å². The molecule has 0 fully saturated rings. The molecule has 1 atom stereocenters. The number of pyridine rings is 2. The van der Waals surface area contributed by atoms with Crippen molar-refractivity contribution in [2.24, 2.45) is 0 Å². The molecule has 3 heterocycles. The Labute approximate surface area is 413 Å². The molecule has 9 rings (SSSR count). The molecule has 0 aliphatic carbocycles. The Hall–Kier alpha value is -5.85. The maximum absolute atomic E-state index is 11.2. The summed E-state index contributed by atoms with van der Waals surface area (Å²) in [5.74, 6) is 3.31. The fourth-order valence-electron chi connectivity index (χ4n) is 9.68. The number of halogens is 1. The minimum Gasteiger partial charge on any atom is -0.383 e. The van der Waals surface area contributed by atoms with Gasteiger partial charge in [0.05, 0.1) is 27.8 Å². The van der Waals surface area contributed by atoms with Crippen molar-refractivity contribution in [3.05, 3.63) is 165 Å². The van der Waals surface area contributed by atoms with Crippen molar-refractivity contribution in [1.82, 2.24) is 14.4 Å². The van der Waals surface area contributed by atoms with E-state index in [4.69, 9.17) is 10.7 Å². The molecule has 0 saturated heterocycles. The second-order valence-electron chi connectivity index (χ2n) is 20.6. The molecule has 6 heteroatoms. The number of rotatable bonds is 9. The Bertz CT molecular complexity index is 3220. The summed E-state index contributed by atoms with van der Waals surface area (Å²) < 4.78 is 2.40. The number of nitrogens with two attached hydrogens (primary N) is 1. The molecule has 0 aliphatic heterocycles. The topological polar surface area (TPSA) is 73.3 Å². The largest absolute Gasteiger partial charge is 0.383 e.